The lowest BCUT2D eigenvalue weighted by Crippen LogP contribution is -2.36. The second-order valence-electron chi connectivity index (χ2n) is 7.95. The number of rotatable bonds is 18. The van der Waals surface area contributed by atoms with E-state index >= 15 is 0 Å². The number of nitrogens with zero attached hydrogens (tertiary/aromatic N) is 2. The van der Waals surface area contributed by atoms with Crippen molar-refractivity contribution in [3.05, 3.63) is 0 Å². The third-order valence-corrected chi connectivity index (χ3v) is 6.29. The molecule has 1 aliphatic rings. The van der Waals surface area contributed by atoms with Crippen molar-refractivity contribution in [2.45, 2.75) is 65.6 Å². The third kappa shape index (κ3) is 14.0. The molecule has 1 heterocycles. The van der Waals surface area contributed by atoms with E-state index in [0.717, 1.165) is 26.1 Å². The average Bonchev–Trinajstić information content (AvgIpc) is 3.10. The van der Waals surface area contributed by atoms with E-state index in [0.29, 0.717) is 38.9 Å². The van der Waals surface area contributed by atoms with E-state index < -0.39 is 0 Å². The number of ether oxygens (including phenoxy) is 2. The average molecular weight is 490 g/mol. The van der Waals surface area contributed by atoms with Gasteiger partial charge in [-0.3, -0.25) is 19.3 Å². The molecule has 1 N–H and O–H groups in total. The van der Waals surface area contributed by atoms with Gasteiger partial charge >= 0.3 is 0 Å². The maximum atomic E-state index is 12.0. The minimum absolute atomic E-state index is 0.118. The predicted molar refractivity (Wildman–Crippen MR) is 135 cm³/mol. The fourth-order valence-electron chi connectivity index (χ4n) is 3.33. The van der Waals surface area contributed by atoms with Crippen LogP contribution in [0.4, 0.5) is 0 Å². The van der Waals surface area contributed by atoms with Crippen LogP contribution in [0, 0.1) is 5.92 Å². The summed E-state index contributed by atoms with van der Waals surface area (Å²) in [7, 11) is 0. The van der Waals surface area contributed by atoms with Crippen LogP contribution in [0.1, 0.15) is 60.3 Å². The van der Waals surface area contributed by atoms with Gasteiger partial charge in [0.2, 0.25) is 17.7 Å². The molecule has 1 fully saturated rings. The number of amides is 3. The monoisotopic (exact) mass is 489 g/mol. The summed E-state index contributed by atoms with van der Waals surface area (Å²) in [5, 5.41) is 2.45. The van der Waals surface area contributed by atoms with E-state index in [2.05, 4.69) is 31.0 Å². The molecule has 0 saturated carbocycles. The Morgan fingerprint density at radius 2 is 1.82 bits per heavy atom. The smallest absolute Gasteiger partial charge is 0.242 e. The summed E-state index contributed by atoms with van der Waals surface area (Å²) in [5.41, 5.74) is 0. The summed E-state index contributed by atoms with van der Waals surface area (Å²) in [6.45, 7) is 16.5. The number of thioether (sulfide) groups is 1. The summed E-state index contributed by atoms with van der Waals surface area (Å²) < 4.78 is 11.1. The van der Waals surface area contributed by atoms with Crippen molar-refractivity contribution >= 4 is 29.5 Å². The molecule has 1 aliphatic heterocycles. The highest BCUT2D eigenvalue weighted by atomic mass is 32.2. The molecule has 0 radical (unpaired) electrons. The predicted octanol–water partition coefficient (Wildman–Crippen LogP) is 2.80. The summed E-state index contributed by atoms with van der Waals surface area (Å²) in [6, 6.07) is 0. The zero-order chi connectivity index (χ0) is 25.1. The molecule has 0 bridgehead atoms. The van der Waals surface area contributed by atoms with E-state index in [-0.39, 0.29) is 42.4 Å². The molecule has 1 saturated heterocycles. The normalized spacial score (nSPS) is 16.7. The van der Waals surface area contributed by atoms with Crippen molar-refractivity contribution in [1.29, 1.82) is 0 Å². The second kappa shape index (κ2) is 20.2. The number of nitrogens with one attached hydrogen (secondary N) is 1. The molecule has 9 heteroatoms. The lowest BCUT2D eigenvalue weighted by atomic mass is 10.1. The maximum absolute atomic E-state index is 12.0. The number of likely N-dealkylation sites (tertiary alicyclic amines) is 1. The van der Waals surface area contributed by atoms with Crippen LogP contribution in [0.5, 0.6) is 0 Å². The number of hydrogen-bond acceptors (Lipinski definition) is 7. The Bertz CT molecular complexity index is 550. The van der Waals surface area contributed by atoms with Gasteiger partial charge in [-0.2, -0.15) is 11.8 Å². The Morgan fingerprint density at radius 1 is 1.15 bits per heavy atom. The fourth-order valence-corrected chi connectivity index (χ4v) is 3.97. The topological polar surface area (TPSA) is 88.2 Å². The van der Waals surface area contributed by atoms with Gasteiger partial charge in [0.1, 0.15) is 0 Å². The fraction of sp³-hybridized carbons (Fsp3) is 0.875. The van der Waals surface area contributed by atoms with Gasteiger partial charge in [0, 0.05) is 39.0 Å². The zero-order valence-electron chi connectivity index (χ0n) is 21.7. The first-order valence-electron chi connectivity index (χ1n) is 12.4. The van der Waals surface area contributed by atoms with Crippen LogP contribution < -0.4 is 5.32 Å². The lowest BCUT2D eigenvalue weighted by molar-refractivity contribution is -0.138. The molecule has 194 valence electrons. The number of carbonyl (C=O) groups is 3. The van der Waals surface area contributed by atoms with E-state index in [9.17, 15) is 14.4 Å². The molecular formula is C24H47N3O5S. The van der Waals surface area contributed by atoms with Gasteiger partial charge in [-0.15, -0.1) is 0 Å². The Kier molecular flexibility index (Phi) is 19.5. The van der Waals surface area contributed by atoms with Crippen LogP contribution in [0.2, 0.25) is 0 Å². The van der Waals surface area contributed by atoms with Crippen LogP contribution in [0.3, 0.4) is 0 Å². The quantitative estimate of drug-likeness (QED) is 0.234. The molecule has 2 unspecified atom stereocenters. The van der Waals surface area contributed by atoms with Crippen LogP contribution in [-0.4, -0.2) is 98.2 Å². The van der Waals surface area contributed by atoms with Crippen LogP contribution in [-0.2, 0) is 23.9 Å². The van der Waals surface area contributed by atoms with E-state index in [1.165, 1.54) is 23.1 Å². The van der Waals surface area contributed by atoms with Crippen molar-refractivity contribution in [1.82, 2.24) is 15.1 Å². The Balaban J connectivity index is 0.00000497. The standard InChI is InChI=1S/C22H41N3O5S.C2H6/c1-5-9-24(17-18(3)6-2)11-13-30-15-14-29-12-8-23-20(26)7-10-25-21(27)16-19(31-4)22(25)28;1-2/h18-19H,5-17H2,1-4H3,(H,23,26);1-2H3. The summed E-state index contributed by atoms with van der Waals surface area (Å²) in [6.07, 6.45) is 4.50. The lowest BCUT2D eigenvalue weighted by Gasteiger charge is -2.24. The van der Waals surface area contributed by atoms with Crippen molar-refractivity contribution in [3.63, 3.8) is 0 Å². The van der Waals surface area contributed by atoms with E-state index in [4.69, 9.17) is 9.47 Å². The molecule has 0 aromatic rings. The van der Waals surface area contributed by atoms with Gasteiger partial charge in [0.15, 0.2) is 0 Å². The van der Waals surface area contributed by atoms with E-state index in [1.807, 2.05) is 20.1 Å². The molecule has 0 spiro atoms. The first-order chi connectivity index (χ1) is 15.9. The van der Waals surface area contributed by atoms with Crippen molar-refractivity contribution in [2.24, 2.45) is 5.92 Å². The molecule has 0 aliphatic carbocycles. The van der Waals surface area contributed by atoms with Crippen LogP contribution >= 0.6 is 11.8 Å². The highest BCUT2D eigenvalue weighted by molar-refractivity contribution is 8.00. The van der Waals surface area contributed by atoms with Gasteiger partial charge in [-0.1, -0.05) is 41.0 Å². The molecular weight excluding hydrogens is 442 g/mol. The minimum atomic E-state index is -0.305. The number of hydrogen-bond donors (Lipinski definition) is 1. The molecule has 0 aromatic carbocycles. The first-order valence-corrected chi connectivity index (χ1v) is 13.7. The van der Waals surface area contributed by atoms with Crippen molar-refractivity contribution in [3.8, 4) is 0 Å². The SMILES string of the molecule is CC.CCCN(CCOCCOCCNC(=O)CCN1C(=O)CC(SC)C1=O)CC(C)CC. The Morgan fingerprint density at radius 3 is 2.39 bits per heavy atom. The number of imide groups is 1. The second-order valence-corrected chi connectivity index (χ2v) is 8.99. The molecule has 2 atom stereocenters. The third-order valence-electron chi connectivity index (χ3n) is 5.35. The summed E-state index contributed by atoms with van der Waals surface area (Å²) in [5.74, 6) is 0.128. The summed E-state index contributed by atoms with van der Waals surface area (Å²) >= 11 is 1.37. The molecule has 8 nitrogen and oxygen atoms in total. The van der Waals surface area contributed by atoms with Gasteiger partial charge < -0.3 is 19.7 Å². The van der Waals surface area contributed by atoms with Crippen LogP contribution in [0.15, 0.2) is 0 Å². The molecule has 0 aromatic heterocycles. The van der Waals surface area contributed by atoms with Crippen molar-refractivity contribution < 1.29 is 23.9 Å². The van der Waals surface area contributed by atoms with Crippen molar-refractivity contribution in [2.75, 3.05) is 65.4 Å². The highest BCUT2D eigenvalue weighted by Gasteiger charge is 2.37. The highest BCUT2D eigenvalue weighted by Crippen LogP contribution is 2.22. The largest absolute Gasteiger partial charge is 0.378 e. The summed E-state index contributed by atoms with van der Waals surface area (Å²) in [4.78, 5) is 39.4. The van der Waals surface area contributed by atoms with Gasteiger partial charge in [0.05, 0.1) is 31.7 Å². The van der Waals surface area contributed by atoms with Gasteiger partial charge in [-0.05, 0) is 25.1 Å². The van der Waals surface area contributed by atoms with Crippen LogP contribution in [0.25, 0.3) is 0 Å². The van der Waals surface area contributed by atoms with E-state index in [1.54, 1.807) is 0 Å². The molecule has 1 rings (SSSR count). The zero-order valence-corrected chi connectivity index (χ0v) is 22.5. The first kappa shape index (κ1) is 31.8. The minimum Gasteiger partial charge on any atom is -0.378 e. The Hall–Kier alpha value is -1.16. The van der Waals surface area contributed by atoms with Gasteiger partial charge in [-0.25, -0.2) is 0 Å². The number of carbonyl (C=O) groups excluding carboxylic acids is 3. The molecule has 3 amide bonds. The van der Waals surface area contributed by atoms with Gasteiger partial charge in [0.25, 0.3) is 0 Å². The molecule has 33 heavy (non-hydrogen) atoms. The Labute approximate surface area is 205 Å². The maximum Gasteiger partial charge on any atom is 0.242 e.